The van der Waals surface area contributed by atoms with Crippen molar-refractivity contribution in [2.75, 3.05) is 13.1 Å². The van der Waals surface area contributed by atoms with E-state index >= 15 is 0 Å². The van der Waals surface area contributed by atoms with E-state index < -0.39 is 5.60 Å². The third-order valence-corrected chi connectivity index (χ3v) is 4.98. The van der Waals surface area contributed by atoms with Crippen LogP contribution in [-0.4, -0.2) is 34.6 Å². The molecule has 0 unspecified atom stereocenters. The van der Waals surface area contributed by atoms with Crippen LogP contribution < -0.4 is 0 Å². The van der Waals surface area contributed by atoms with Gasteiger partial charge in [-0.15, -0.1) is 6.58 Å². The molecule has 0 bridgehead atoms. The van der Waals surface area contributed by atoms with Crippen LogP contribution in [0, 0.1) is 22.0 Å². The number of nitro benzene ring substituents is 1. The van der Waals surface area contributed by atoms with Gasteiger partial charge in [0, 0.05) is 30.6 Å². The number of piperidine rings is 1. The number of fused-ring (bicyclic) bond motifs is 1. The Balaban J connectivity index is 1.76. The molecule has 1 aliphatic carbocycles. The number of carbonyl (C=O) groups excluding carboxylic acids is 1. The van der Waals surface area contributed by atoms with Crippen LogP contribution in [0.3, 0.4) is 0 Å². The fourth-order valence-corrected chi connectivity index (χ4v) is 3.88. The molecular weight excluding hydrogens is 308 g/mol. The second-order valence-corrected chi connectivity index (χ2v) is 7.54. The summed E-state index contributed by atoms with van der Waals surface area (Å²) in [5, 5.41) is 11.0. The number of rotatable bonds is 3. The molecule has 1 aromatic rings. The molecular formula is C18H22N2O4. The van der Waals surface area contributed by atoms with Crippen LogP contribution in [0.1, 0.15) is 26.3 Å². The predicted octanol–water partition coefficient (Wildman–Crippen LogP) is 3.52. The van der Waals surface area contributed by atoms with Crippen LogP contribution in [0.25, 0.3) is 0 Å². The van der Waals surface area contributed by atoms with Crippen molar-refractivity contribution in [3.05, 3.63) is 52.6 Å². The molecule has 6 nitrogen and oxygen atoms in total. The number of non-ortho nitro benzene ring substituents is 1. The van der Waals surface area contributed by atoms with Gasteiger partial charge in [-0.05, 0) is 38.2 Å². The van der Waals surface area contributed by atoms with E-state index in [1.54, 1.807) is 17.0 Å². The molecule has 2 aliphatic rings. The zero-order valence-electron chi connectivity index (χ0n) is 14.2. The molecule has 1 saturated heterocycles. The van der Waals surface area contributed by atoms with Crippen LogP contribution in [0.5, 0.6) is 0 Å². The largest absolute Gasteiger partial charge is 0.444 e. The Kier molecular flexibility index (Phi) is 3.66. The second kappa shape index (κ2) is 5.33. The minimum absolute atomic E-state index is 0.0858. The monoisotopic (exact) mass is 330 g/mol. The van der Waals surface area contributed by atoms with E-state index in [9.17, 15) is 14.9 Å². The maximum Gasteiger partial charge on any atom is 0.410 e. The highest BCUT2D eigenvalue weighted by Gasteiger charge is 2.68. The quantitative estimate of drug-likeness (QED) is 0.483. The molecule has 1 aromatic carbocycles. The molecule has 2 fully saturated rings. The minimum Gasteiger partial charge on any atom is -0.444 e. The summed E-state index contributed by atoms with van der Waals surface area (Å²) in [5.74, 6) is 0.481. The number of carbonyl (C=O) groups is 1. The highest BCUT2D eigenvalue weighted by Crippen LogP contribution is 2.64. The summed E-state index contributed by atoms with van der Waals surface area (Å²) in [6.07, 6.45) is 1.58. The number of hydrogen-bond donors (Lipinski definition) is 0. The molecule has 1 amide bonds. The summed E-state index contributed by atoms with van der Waals surface area (Å²) in [6.45, 7) is 10.7. The van der Waals surface area contributed by atoms with Crippen molar-refractivity contribution >= 4 is 11.8 Å². The molecule has 24 heavy (non-hydrogen) atoms. The van der Waals surface area contributed by atoms with Crippen LogP contribution in [-0.2, 0) is 10.2 Å². The Hall–Kier alpha value is -2.37. The van der Waals surface area contributed by atoms with E-state index in [4.69, 9.17) is 4.74 Å². The van der Waals surface area contributed by atoms with Gasteiger partial charge in [0.2, 0.25) is 0 Å². The first-order chi connectivity index (χ1) is 11.2. The molecule has 3 rings (SSSR count). The van der Waals surface area contributed by atoms with Crippen molar-refractivity contribution < 1.29 is 14.5 Å². The van der Waals surface area contributed by atoms with Gasteiger partial charge in [-0.3, -0.25) is 10.1 Å². The normalized spacial score (nSPS) is 28.2. The molecule has 3 atom stereocenters. The number of nitrogens with zero attached hydrogens (tertiary/aromatic N) is 2. The minimum atomic E-state index is -0.514. The summed E-state index contributed by atoms with van der Waals surface area (Å²) >= 11 is 0. The lowest BCUT2D eigenvalue weighted by Gasteiger charge is -2.28. The Morgan fingerprint density at radius 2 is 2.04 bits per heavy atom. The highest BCUT2D eigenvalue weighted by atomic mass is 16.6. The molecule has 6 heteroatoms. The molecule has 0 N–H and O–H groups in total. The predicted molar refractivity (Wildman–Crippen MR) is 89.8 cm³/mol. The summed E-state index contributed by atoms with van der Waals surface area (Å²) < 4.78 is 5.42. The Morgan fingerprint density at radius 3 is 2.54 bits per heavy atom. The topological polar surface area (TPSA) is 72.7 Å². The van der Waals surface area contributed by atoms with Gasteiger partial charge in [0.25, 0.3) is 5.69 Å². The van der Waals surface area contributed by atoms with Crippen LogP contribution in [0.2, 0.25) is 0 Å². The lowest BCUT2D eigenvalue weighted by Crippen LogP contribution is -2.38. The first-order valence-electron chi connectivity index (χ1n) is 8.05. The third-order valence-electron chi connectivity index (χ3n) is 4.98. The number of benzene rings is 1. The van der Waals surface area contributed by atoms with E-state index in [0.717, 1.165) is 5.56 Å². The van der Waals surface area contributed by atoms with Gasteiger partial charge in [-0.2, -0.15) is 0 Å². The van der Waals surface area contributed by atoms with Gasteiger partial charge in [-0.25, -0.2) is 4.79 Å². The van der Waals surface area contributed by atoms with Crippen molar-refractivity contribution in [3.63, 3.8) is 0 Å². The average Bonchev–Trinajstić information content (AvgIpc) is 2.87. The Bertz CT molecular complexity index is 695. The zero-order valence-corrected chi connectivity index (χ0v) is 14.2. The molecule has 1 saturated carbocycles. The van der Waals surface area contributed by atoms with Gasteiger partial charge in [0.05, 0.1) is 4.92 Å². The van der Waals surface area contributed by atoms with Crippen LogP contribution in [0.15, 0.2) is 36.9 Å². The van der Waals surface area contributed by atoms with E-state index in [-0.39, 0.29) is 34.0 Å². The molecule has 1 aliphatic heterocycles. The SMILES string of the molecule is C=C[C@@]1(c2cccc([N+](=O)[O-])c2)[C@@H]2CN(C(=O)OC(C)(C)C)C[C@@H]21. The van der Waals surface area contributed by atoms with E-state index in [2.05, 4.69) is 6.58 Å². The van der Waals surface area contributed by atoms with Gasteiger partial charge >= 0.3 is 6.09 Å². The fourth-order valence-electron chi connectivity index (χ4n) is 3.88. The summed E-state index contributed by atoms with van der Waals surface area (Å²) in [7, 11) is 0. The van der Waals surface area contributed by atoms with Crippen molar-refractivity contribution in [3.8, 4) is 0 Å². The lowest BCUT2D eigenvalue weighted by atomic mass is 9.90. The zero-order chi connectivity index (χ0) is 17.7. The Morgan fingerprint density at radius 1 is 1.42 bits per heavy atom. The van der Waals surface area contributed by atoms with E-state index in [1.807, 2.05) is 32.9 Å². The highest BCUT2D eigenvalue weighted by molar-refractivity contribution is 5.69. The second-order valence-electron chi connectivity index (χ2n) is 7.54. The number of allylic oxidation sites excluding steroid dienone is 1. The molecule has 1 heterocycles. The smallest absolute Gasteiger partial charge is 0.410 e. The standard InChI is InChI=1S/C18H22N2O4/c1-5-18(12-7-6-8-13(9-12)20(22)23)14-10-19(11-15(14)18)16(21)24-17(2,3)4/h5-9,14-15H,1,10-11H2,2-4H3/t14-,15+,18-. The van der Waals surface area contributed by atoms with Gasteiger partial charge in [-0.1, -0.05) is 18.2 Å². The van der Waals surface area contributed by atoms with Crippen LogP contribution >= 0.6 is 0 Å². The van der Waals surface area contributed by atoms with Crippen molar-refractivity contribution in [1.82, 2.24) is 4.90 Å². The van der Waals surface area contributed by atoms with Crippen molar-refractivity contribution in [2.45, 2.75) is 31.8 Å². The maximum atomic E-state index is 12.2. The van der Waals surface area contributed by atoms with Gasteiger partial charge in [0.1, 0.15) is 5.60 Å². The van der Waals surface area contributed by atoms with Gasteiger partial charge in [0.15, 0.2) is 0 Å². The summed E-state index contributed by atoms with van der Waals surface area (Å²) in [4.78, 5) is 24.6. The number of hydrogen-bond acceptors (Lipinski definition) is 4. The molecule has 0 radical (unpaired) electrons. The van der Waals surface area contributed by atoms with E-state index in [0.29, 0.717) is 13.1 Å². The first-order valence-corrected chi connectivity index (χ1v) is 8.05. The summed E-state index contributed by atoms with van der Waals surface area (Å²) in [6, 6.07) is 6.73. The van der Waals surface area contributed by atoms with Crippen molar-refractivity contribution in [2.24, 2.45) is 11.8 Å². The maximum absolute atomic E-state index is 12.2. The number of ether oxygens (including phenoxy) is 1. The number of amides is 1. The first kappa shape index (κ1) is 16.5. The molecule has 0 aromatic heterocycles. The third kappa shape index (κ3) is 2.56. The van der Waals surface area contributed by atoms with Crippen molar-refractivity contribution in [1.29, 1.82) is 0 Å². The van der Waals surface area contributed by atoms with Gasteiger partial charge < -0.3 is 9.64 Å². The molecule has 0 spiro atoms. The number of likely N-dealkylation sites (tertiary alicyclic amines) is 1. The number of nitro groups is 1. The lowest BCUT2D eigenvalue weighted by molar-refractivity contribution is -0.384. The van der Waals surface area contributed by atoms with E-state index in [1.165, 1.54) is 6.07 Å². The Labute approximate surface area is 141 Å². The van der Waals surface area contributed by atoms with Crippen LogP contribution in [0.4, 0.5) is 10.5 Å². The molecule has 128 valence electrons. The summed E-state index contributed by atoms with van der Waals surface area (Å²) in [5.41, 5.74) is 0.206. The fraction of sp³-hybridized carbons (Fsp3) is 0.500. The average molecular weight is 330 g/mol.